The molecule has 0 aromatic heterocycles. The topological polar surface area (TPSA) is 40.5 Å². The highest BCUT2D eigenvalue weighted by molar-refractivity contribution is 5.14. The lowest BCUT2D eigenvalue weighted by Crippen LogP contribution is -1.92. The first kappa shape index (κ1) is 16.9. The summed E-state index contributed by atoms with van der Waals surface area (Å²) in [7, 11) is 0. The van der Waals surface area contributed by atoms with Gasteiger partial charge in [0.15, 0.2) is 0 Å². The van der Waals surface area contributed by atoms with Gasteiger partial charge in [0.25, 0.3) is 0 Å². The molecular weight excluding hydrogens is 248 g/mol. The third kappa shape index (κ3) is 8.89. The maximum absolute atomic E-state index is 7.61. The molecule has 0 radical (unpaired) electrons. The Hall–Kier alpha value is -1.12. The maximum atomic E-state index is 7.61. The minimum absolute atomic E-state index is 0.900. The zero-order valence-electron chi connectivity index (χ0n) is 12.5. The average Bonchev–Trinajstić information content (AvgIpc) is 2.92. The summed E-state index contributed by atoms with van der Waals surface area (Å²) in [6.45, 7) is 1.28. The van der Waals surface area contributed by atoms with Gasteiger partial charge in [-0.2, -0.15) is 0 Å². The van der Waals surface area contributed by atoms with E-state index in [2.05, 4.69) is 42.5 Å². The van der Waals surface area contributed by atoms with Crippen LogP contribution in [0.2, 0.25) is 0 Å². The van der Waals surface area contributed by atoms with Crippen LogP contribution < -0.4 is 0 Å². The fourth-order valence-electron chi connectivity index (χ4n) is 2.51. The second-order valence-electron chi connectivity index (χ2n) is 5.48. The Bertz CT molecular complexity index is 348. The molecule has 1 aliphatic carbocycles. The Kier molecular flexibility index (Phi) is 9.01. The molecular formula is C18H28O2. The fraction of sp³-hybridized carbons (Fsp3) is 0.556. The summed E-state index contributed by atoms with van der Waals surface area (Å²) >= 11 is 0. The molecule has 1 aromatic carbocycles. The van der Waals surface area contributed by atoms with Crippen molar-refractivity contribution in [2.24, 2.45) is 5.92 Å². The zero-order valence-corrected chi connectivity index (χ0v) is 12.5. The van der Waals surface area contributed by atoms with Crippen LogP contribution in [0.3, 0.4) is 0 Å². The molecule has 0 amide bonds. The van der Waals surface area contributed by atoms with Crippen LogP contribution in [0.4, 0.5) is 0 Å². The van der Waals surface area contributed by atoms with Crippen LogP contribution in [-0.2, 0) is 6.42 Å². The average molecular weight is 276 g/mol. The molecule has 2 N–H and O–H groups in total. The zero-order chi connectivity index (χ0) is 14.6. The molecule has 2 nitrogen and oxygen atoms in total. The molecule has 0 bridgehead atoms. The van der Waals surface area contributed by atoms with Gasteiger partial charge in [-0.05, 0) is 50.5 Å². The lowest BCUT2D eigenvalue weighted by molar-refractivity contribution is -0.0228. The Morgan fingerprint density at radius 3 is 2.35 bits per heavy atom. The molecule has 0 spiro atoms. The number of aliphatic hydroxyl groups is 2. The van der Waals surface area contributed by atoms with Crippen molar-refractivity contribution in [3.05, 3.63) is 48.0 Å². The molecule has 2 heteroatoms. The first-order valence-electron chi connectivity index (χ1n) is 7.75. The van der Waals surface area contributed by atoms with E-state index in [0.717, 1.165) is 5.92 Å². The van der Waals surface area contributed by atoms with Crippen LogP contribution in [0.25, 0.3) is 0 Å². The number of unbranched alkanes of at least 4 members (excludes halogenated alkanes) is 1. The maximum Gasteiger partial charge on any atom is 0.148 e. The SMILES string of the molecule is C(=C\C1CCCC1)/CCCc1ccccc1.CC(O)O. The lowest BCUT2D eigenvalue weighted by atomic mass is 10.1. The highest BCUT2D eigenvalue weighted by atomic mass is 16.5. The van der Waals surface area contributed by atoms with E-state index in [1.807, 2.05) is 0 Å². The van der Waals surface area contributed by atoms with Gasteiger partial charge in [0.1, 0.15) is 6.29 Å². The second kappa shape index (κ2) is 10.6. The largest absolute Gasteiger partial charge is 0.368 e. The Morgan fingerprint density at radius 1 is 1.15 bits per heavy atom. The number of hydrogen-bond donors (Lipinski definition) is 2. The van der Waals surface area contributed by atoms with Crippen LogP contribution in [0, 0.1) is 5.92 Å². The summed E-state index contributed by atoms with van der Waals surface area (Å²) < 4.78 is 0. The van der Waals surface area contributed by atoms with Crippen molar-refractivity contribution in [2.45, 2.75) is 58.2 Å². The monoisotopic (exact) mass is 276 g/mol. The number of rotatable bonds is 5. The number of allylic oxidation sites excluding steroid dienone is 2. The van der Waals surface area contributed by atoms with Gasteiger partial charge in [-0.25, -0.2) is 0 Å². The molecule has 0 saturated heterocycles. The van der Waals surface area contributed by atoms with E-state index in [1.165, 1.54) is 57.4 Å². The van der Waals surface area contributed by atoms with Crippen molar-refractivity contribution >= 4 is 0 Å². The van der Waals surface area contributed by atoms with Gasteiger partial charge in [-0.3, -0.25) is 0 Å². The smallest absolute Gasteiger partial charge is 0.148 e. The van der Waals surface area contributed by atoms with E-state index >= 15 is 0 Å². The summed E-state index contributed by atoms with van der Waals surface area (Å²) in [6.07, 6.45) is 13.2. The van der Waals surface area contributed by atoms with Crippen molar-refractivity contribution in [1.82, 2.24) is 0 Å². The molecule has 0 unspecified atom stereocenters. The van der Waals surface area contributed by atoms with Crippen molar-refractivity contribution in [2.75, 3.05) is 0 Å². The third-order valence-corrected chi connectivity index (χ3v) is 3.49. The van der Waals surface area contributed by atoms with Gasteiger partial charge < -0.3 is 10.2 Å². The van der Waals surface area contributed by atoms with Gasteiger partial charge >= 0.3 is 0 Å². The van der Waals surface area contributed by atoms with E-state index in [4.69, 9.17) is 10.2 Å². The van der Waals surface area contributed by atoms with Gasteiger partial charge in [-0.15, -0.1) is 0 Å². The molecule has 0 atom stereocenters. The quantitative estimate of drug-likeness (QED) is 0.483. The van der Waals surface area contributed by atoms with Crippen molar-refractivity contribution in [3.63, 3.8) is 0 Å². The minimum atomic E-state index is -1.17. The first-order chi connectivity index (χ1) is 9.68. The normalized spacial score (nSPS) is 15.6. The van der Waals surface area contributed by atoms with E-state index < -0.39 is 6.29 Å². The third-order valence-electron chi connectivity index (χ3n) is 3.49. The van der Waals surface area contributed by atoms with Crippen molar-refractivity contribution in [3.8, 4) is 0 Å². The molecule has 20 heavy (non-hydrogen) atoms. The van der Waals surface area contributed by atoms with Gasteiger partial charge in [-0.1, -0.05) is 55.3 Å². The lowest BCUT2D eigenvalue weighted by Gasteiger charge is -2.01. The summed E-state index contributed by atoms with van der Waals surface area (Å²) in [5.41, 5.74) is 1.47. The molecule has 1 saturated carbocycles. The Labute approximate surface area is 123 Å². The van der Waals surface area contributed by atoms with Crippen LogP contribution in [0.1, 0.15) is 51.0 Å². The molecule has 1 fully saturated rings. The molecule has 0 aliphatic heterocycles. The van der Waals surface area contributed by atoms with E-state index in [1.54, 1.807) is 0 Å². The van der Waals surface area contributed by atoms with Crippen LogP contribution in [0.15, 0.2) is 42.5 Å². The molecule has 0 heterocycles. The van der Waals surface area contributed by atoms with E-state index in [9.17, 15) is 0 Å². The highest BCUT2D eigenvalue weighted by Gasteiger charge is 2.10. The van der Waals surface area contributed by atoms with Crippen molar-refractivity contribution < 1.29 is 10.2 Å². The number of aliphatic hydroxyl groups excluding tert-OH is 1. The summed E-state index contributed by atoms with van der Waals surface area (Å²) in [6, 6.07) is 10.8. The summed E-state index contributed by atoms with van der Waals surface area (Å²) in [5.74, 6) is 0.900. The predicted octanol–water partition coefficient (Wildman–Crippen LogP) is 4.07. The van der Waals surface area contributed by atoms with Gasteiger partial charge in [0.2, 0.25) is 0 Å². The number of hydrogen-bond acceptors (Lipinski definition) is 2. The molecule has 2 rings (SSSR count). The van der Waals surface area contributed by atoms with E-state index in [0.29, 0.717) is 0 Å². The van der Waals surface area contributed by atoms with Gasteiger partial charge in [0.05, 0.1) is 0 Å². The number of benzene rings is 1. The van der Waals surface area contributed by atoms with Crippen molar-refractivity contribution in [1.29, 1.82) is 0 Å². The van der Waals surface area contributed by atoms with Crippen LogP contribution in [0.5, 0.6) is 0 Å². The molecule has 112 valence electrons. The Morgan fingerprint density at radius 2 is 1.75 bits per heavy atom. The van der Waals surface area contributed by atoms with Crippen LogP contribution >= 0.6 is 0 Å². The predicted molar refractivity (Wildman–Crippen MR) is 84.4 cm³/mol. The van der Waals surface area contributed by atoms with Crippen LogP contribution in [-0.4, -0.2) is 16.5 Å². The summed E-state index contributed by atoms with van der Waals surface area (Å²) in [4.78, 5) is 0. The Balaban J connectivity index is 0.000000444. The standard InChI is InChI=1S/C16H22.C2H6O2/c1-3-9-15(10-4-1)11-5-2-6-12-16-13-7-8-14-16;1-2(3)4/h1,3-4,6,9-10,12,16H,2,5,7-8,11,13-14H2;2-4H,1H3/b12-6+;. The van der Waals surface area contributed by atoms with Gasteiger partial charge in [0, 0.05) is 0 Å². The molecule has 1 aromatic rings. The van der Waals surface area contributed by atoms with E-state index in [-0.39, 0.29) is 0 Å². The number of aryl methyl sites for hydroxylation is 1. The molecule has 1 aliphatic rings. The fourth-order valence-corrected chi connectivity index (χ4v) is 2.51. The second-order valence-corrected chi connectivity index (χ2v) is 5.48. The highest BCUT2D eigenvalue weighted by Crippen LogP contribution is 2.25. The minimum Gasteiger partial charge on any atom is -0.368 e. The first-order valence-corrected chi connectivity index (χ1v) is 7.75. The summed E-state index contributed by atoms with van der Waals surface area (Å²) in [5, 5.41) is 15.2.